The molecule has 0 saturated carbocycles. The Labute approximate surface area is 96.9 Å². The first kappa shape index (κ1) is 13.4. The second kappa shape index (κ2) is 5.13. The Balaban J connectivity index is 2.73. The maximum absolute atomic E-state index is 11.9. The van der Waals surface area contributed by atoms with Gasteiger partial charge >= 0.3 is 6.18 Å². The van der Waals surface area contributed by atoms with Gasteiger partial charge in [-0.25, -0.2) is 0 Å². The molecule has 0 bridgehead atoms. The number of aryl methyl sites for hydroxylation is 1. The van der Waals surface area contributed by atoms with Crippen LogP contribution in [0.25, 0.3) is 0 Å². The summed E-state index contributed by atoms with van der Waals surface area (Å²) in [6.45, 7) is 1.85. The standard InChI is InChI=1S/C10H13F3N4/c1-7-3-4-8(15-5-7)9(14)17(2)16-6-10(11,12)13/h3-6,9H,14H2,1-2H3/b16-6+. The molecule has 1 aromatic heterocycles. The fourth-order valence-electron chi connectivity index (χ4n) is 1.07. The smallest absolute Gasteiger partial charge is 0.305 e. The number of hydrogen-bond donors (Lipinski definition) is 1. The van der Waals surface area contributed by atoms with Crippen LogP contribution < -0.4 is 5.73 Å². The topological polar surface area (TPSA) is 54.5 Å². The summed E-state index contributed by atoms with van der Waals surface area (Å²) in [5, 5.41) is 4.22. The third kappa shape index (κ3) is 4.39. The molecule has 0 aromatic carbocycles. The number of hydrogen-bond acceptors (Lipinski definition) is 4. The van der Waals surface area contributed by atoms with E-state index in [1.54, 1.807) is 18.3 Å². The van der Waals surface area contributed by atoms with Crippen molar-refractivity contribution in [3.05, 3.63) is 29.6 Å². The van der Waals surface area contributed by atoms with E-state index in [4.69, 9.17) is 5.73 Å². The molecule has 2 N–H and O–H groups in total. The number of rotatable bonds is 3. The molecule has 17 heavy (non-hydrogen) atoms. The normalized spacial score (nSPS) is 14.0. The van der Waals surface area contributed by atoms with Crippen molar-refractivity contribution in [2.24, 2.45) is 10.8 Å². The summed E-state index contributed by atoms with van der Waals surface area (Å²) >= 11 is 0. The molecular formula is C10H13F3N4. The number of pyridine rings is 1. The van der Waals surface area contributed by atoms with Crippen molar-refractivity contribution in [2.45, 2.75) is 19.3 Å². The Morgan fingerprint density at radius 1 is 1.47 bits per heavy atom. The van der Waals surface area contributed by atoms with E-state index in [-0.39, 0.29) is 6.21 Å². The monoisotopic (exact) mass is 246 g/mol. The summed E-state index contributed by atoms with van der Waals surface area (Å²) in [5.74, 6) is 0. The number of alkyl halides is 3. The molecule has 1 aromatic rings. The van der Waals surface area contributed by atoms with Gasteiger partial charge in [0.05, 0.1) is 5.69 Å². The quantitative estimate of drug-likeness (QED) is 0.503. The zero-order valence-electron chi connectivity index (χ0n) is 9.44. The van der Waals surface area contributed by atoms with Crippen LogP contribution in [0.3, 0.4) is 0 Å². The summed E-state index contributed by atoms with van der Waals surface area (Å²) in [5.41, 5.74) is 7.10. The Kier molecular flexibility index (Phi) is 4.06. The van der Waals surface area contributed by atoms with E-state index in [1.807, 2.05) is 6.92 Å². The van der Waals surface area contributed by atoms with Gasteiger partial charge in [-0.2, -0.15) is 18.3 Å². The minimum atomic E-state index is -4.45. The lowest BCUT2D eigenvalue weighted by atomic mass is 10.2. The fourth-order valence-corrected chi connectivity index (χ4v) is 1.07. The molecule has 1 heterocycles. The molecule has 0 aliphatic rings. The lowest BCUT2D eigenvalue weighted by molar-refractivity contribution is -0.0549. The summed E-state index contributed by atoms with van der Waals surface area (Å²) in [4.78, 5) is 4.02. The molecule has 0 aliphatic carbocycles. The average Bonchev–Trinajstić information content (AvgIpc) is 2.25. The highest BCUT2D eigenvalue weighted by Gasteiger charge is 2.24. The number of hydrazone groups is 1. The van der Waals surface area contributed by atoms with Gasteiger partial charge < -0.3 is 5.73 Å². The first-order valence-electron chi connectivity index (χ1n) is 4.82. The molecule has 0 aliphatic heterocycles. The molecule has 0 saturated heterocycles. The molecule has 0 fully saturated rings. The van der Waals surface area contributed by atoms with Gasteiger partial charge in [0, 0.05) is 13.2 Å². The first-order valence-corrected chi connectivity index (χ1v) is 4.82. The van der Waals surface area contributed by atoms with Crippen molar-refractivity contribution in [3.8, 4) is 0 Å². The molecule has 0 spiro atoms. The highest BCUT2D eigenvalue weighted by Crippen LogP contribution is 2.14. The van der Waals surface area contributed by atoms with Crippen molar-refractivity contribution in [2.75, 3.05) is 7.05 Å². The van der Waals surface area contributed by atoms with Gasteiger partial charge in [-0.05, 0) is 18.6 Å². The fraction of sp³-hybridized carbons (Fsp3) is 0.400. The number of aromatic nitrogens is 1. The first-order chi connectivity index (χ1) is 7.79. The predicted molar refractivity (Wildman–Crippen MR) is 58.2 cm³/mol. The molecule has 1 unspecified atom stereocenters. The minimum absolute atomic E-state index is 0.110. The molecule has 1 atom stereocenters. The lowest BCUT2D eigenvalue weighted by Crippen LogP contribution is -2.29. The summed E-state index contributed by atoms with van der Waals surface area (Å²) in [6.07, 6.45) is -3.78. The van der Waals surface area contributed by atoms with E-state index in [1.165, 1.54) is 7.05 Å². The molecule has 0 amide bonds. The highest BCUT2D eigenvalue weighted by atomic mass is 19.4. The third-order valence-corrected chi connectivity index (χ3v) is 2.03. The van der Waals surface area contributed by atoms with Crippen molar-refractivity contribution in [1.82, 2.24) is 9.99 Å². The number of halogens is 3. The van der Waals surface area contributed by atoms with Crippen LogP contribution in [0.5, 0.6) is 0 Å². The molecule has 7 heteroatoms. The van der Waals surface area contributed by atoms with Crippen LogP contribution in [0.4, 0.5) is 13.2 Å². The zero-order chi connectivity index (χ0) is 13.1. The average molecular weight is 246 g/mol. The largest absolute Gasteiger partial charge is 0.428 e. The van der Waals surface area contributed by atoms with Crippen LogP contribution in [0.2, 0.25) is 0 Å². The Bertz CT molecular complexity index is 386. The van der Waals surface area contributed by atoms with E-state index in [0.717, 1.165) is 10.6 Å². The van der Waals surface area contributed by atoms with Crippen molar-refractivity contribution < 1.29 is 13.2 Å². The van der Waals surface area contributed by atoms with E-state index in [9.17, 15) is 13.2 Å². The summed E-state index contributed by atoms with van der Waals surface area (Å²) in [7, 11) is 1.36. The molecule has 94 valence electrons. The Morgan fingerprint density at radius 3 is 2.59 bits per heavy atom. The van der Waals surface area contributed by atoms with E-state index >= 15 is 0 Å². The molecule has 4 nitrogen and oxygen atoms in total. The van der Waals surface area contributed by atoms with Gasteiger partial charge in [-0.1, -0.05) is 6.07 Å². The Morgan fingerprint density at radius 2 is 2.12 bits per heavy atom. The van der Waals surface area contributed by atoms with Gasteiger partial charge in [0.1, 0.15) is 12.4 Å². The van der Waals surface area contributed by atoms with Gasteiger partial charge in [0.2, 0.25) is 0 Å². The van der Waals surface area contributed by atoms with Gasteiger partial charge in [-0.15, -0.1) is 0 Å². The van der Waals surface area contributed by atoms with Crippen LogP contribution in [0.15, 0.2) is 23.4 Å². The summed E-state index contributed by atoms with van der Waals surface area (Å²) in [6, 6.07) is 3.43. The SMILES string of the molecule is Cc1ccc(C(N)N(C)/N=C/C(F)(F)F)nc1. The van der Waals surface area contributed by atoms with Crippen LogP contribution in [0.1, 0.15) is 17.4 Å². The molecule has 0 radical (unpaired) electrons. The van der Waals surface area contributed by atoms with Crippen LogP contribution in [0, 0.1) is 6.92 Å². The van der Waals surface area contributed by atoms with Crippen LogP contribution in [-0.2, 0) is 0 Å². The number of nitrogens with zero attached hydrogens (tertiary/aromatic N) is 3. The van der Waals surface area contributed by atoms with Crippen molar-refractivity contribution in [3.63, 3.8) is 0 Å². The predicted octanol–water partition coefficient (Wildman–Crippen LogP) is 1.83. The lowest BCUT2D eigenvalue weighted by Gasteiger charge is -2.21. The van der Waals surface area contributed by atoms with Gasteiger partial charge in [0.25, 0.3) is 0 Å². The van der Waals surface area contributed by atoms with Gasteiger partial charge in [0.15, 0.2) is 0 Å². The highest BCUT2D eigenvalue weighted by molar-refractivity contribution is 5.63. The zero-order valence-corrected chi connectivity index (χ0v) is 9.44. The third-order valence-electron chi connectivity index (χ3n) is 2.03. The van der Waals surface area contributed by atoms with E-state index in [2.05, 4.69) is 10.1 Å². The maximum Gasteiger partial charge on any atom is 0.428 e. The summed E-state index contributed by atoms with van der Waals surface area (Å²) < 4.78 is 35.7. The van der Waals surface area contributed by atoms with E-state index < -0.39 is 12.3 Å². The minimum Gasteiger partial charge on any atom is -0.305 e. The second-order valence-corrected chi connectivity index (χ2v) is 3.57. The van der Waals surface area contributed by atoms with Gasteiger partial charge in [-0.3, -0.25) is 9.99 Å². The Hall–Kier alpha value is -1.63. The van der Waals surface area contributed by atoms with Crippen LogP contribution >= 0.6 is 0 Å². The number of nitrogens with two attached hydrogens (primary N) is 1. The second-order valence-electron chi connectivity index (χ2n) is 3.57. The van der Waals surface area contributed by atoms with Crippen molar-refractivity contribution >= 4 is 6.21 Å². The van der Waals surface area contributed by atoms with Crippen LogP contribution in [-0.4, -0.2) is 29.4 Å². The molecular weight excluding hydrogens is 233 g/mol. The van der Waals surface area contributed by atoms with Crippen molar-refractivity contribution in [1.29, 1.82) is 0 Å². The van der Waals surface area contributed by atoms with E-state index in [0.29, 0.717) is 5.69 Å². The maximum atomic E-state index is 11.9. The molecule has 1 rings (SSSR count).